The molecule has 21 heavy (non-hydrogen) atoms. The summed E-state index contributed by atoms with van der Waals surface area (Å²) in [7, 11) is 0. The molecule has 0 saturated carbocycles. The van der Waals surface area contributed by atoms with E-state index in [1.165, 1.54) is 12.1 Å². The fourth-order valence-electron chi connectivity index (χ4n) is 1.64. The van der Waals surface area contributed by atoms with Gasteiger partial charge in [0.25, 0.3) is 5.56 Å². The summed E-state index contributed by atoms with van der Waals surface area (Å²) in [6, 6.07) is 3.62. The first-order valence-corrected chi connectivity index (χ1v) is 5.67. The van der Waals surface area contributed by atoms with Gasteiger partial charge in [-0.25, -0.2) is 0 Å². The molecule has 2 rings (SSSR count). The Bertz CT molecular complexity index is 739. The van der Waals surface area contributed by atoms with Gasteiger partial charge in [0.1, 0.15) is 11.3 Å². The highest BCUT2D eigenvalue weighted by Crippen LogP contribution is 2.52. The Hall–Kier alpha value is -1.77. The van der Waals surface area contributed by atoms with Crippen LogP contribution in [0.25, 0.3) is 5.65 Å². The summed E-state index contributed by atoms with van der Waals surface area (Å²) >= 11 is 4.08. The zero-order valence-electron chi connectivity index (χ0n) is 9.84. The van der Waals surface area contributed by atoms with Crippen molar-refractivity contribution < 1.29 is 26.3 Å². The van der Waals surface area contributed by atoms with Crippen LogP contribution in [0.3, 0.4) is 0 Å². The van der Waals surface area contributed by atoms with Crippen LogP contribution in [0.4, 0.5) is 26.3 Å². The Morgan fingerprint density at radius 2 is 1.71 bits per heavy atom. The van der Waals surface area contributed by atoms with Gasteiger partial charge < -0.3 is 0 Å². The minimum Gasteiger partial charge on any atom is -0.299 e. The molecular weight excluding hydrogens is 326 g/mol. The Morgan fingerprint density at radius 1 is 1.10 bits per heavy atom. The third-order valence-electron chi connectivity index (χ3n) is 2.65. The molecule has 3 nitrogen and oxygen atoms in total. The molecule has 0 aliphatic rings. The number of rotatable bonds is 3. The lowest BCUT2D eigenvalue weighted by atomic mass is 10.1. The molecule has 2 aromatic heterocycles. The molecule has 0 unspecified atom stereocenters. The molecule has 114 valence electrons. The van der Waals surface area contributed by atoms with E-state index in [0.29, 0.717) is 4.40 Å². The van der Waals surface area contributed by atoms with Gasteiger partial charge in [-0.2, -0.15) is 31.3 Å². The highest BCUT2D eigenvalue weighted by Gasteiger charge is 2.72. The molecule has 10 heteroatoms. The fraction of sp³-hybridized carbons (Fsp3) is 0.273. The predicted octanol–water partition coefficient (Wildman–Crippen LogP) is 3.25. The van der Waals surface area contributed by atoms with Crippen molar-refractivity contribution >= 4 is 17.2 Å². The minimum absolute atomic E-state index is 0.0591. The second-order valence-corrected chi connectivity index (χ2v) is 4.53. The van der Waals surface area contributed by atoms with Gasteiger partial charge in [-0.15, -0.1) is 0 Å². The van der Waals surface area contributed by atoms with Gasteiger partial charge in [-0.05, 0) is 23.7 Å². The van der Waals surface area contributed by atoms with Crippen molar-refractivity contribution in [1.82, 2.24) is 9.38 Å². The van der Waals surface area contributed by atoms with E-state index >= 15 is 0 Å². The predicted molar refractivity (Wildman–Crippen MR) is 61.1 cm³/mol. The van der Waals surface area contributed by atoms with Gasteiger partial charge in [-0.1, -0.05) is 6.07 Å². The van der Waals surface area contributed by atoms with E-state index in [2.05, 4.69) is 16.6 Å². The highest BCUT2D eigenvalue weighted by molar-refractivity contribution is 6.22. The summed E-state index contributed by atoms with van der Waals surface area (Å²) < 4.78 is 79.9. The summed E-state index contributed by atoms with van der Waals surface area (Å²) in [6.07, 6.45) is 0.882. The topological polar surface area (TPSA) is 34.4 Å². The molecule has 0 aromatic carbocycles. The maximum absolute atomic E-state index is 13.8. The Kier molecular flexibility index (Phi) is 3.43. The maximum Gasteiger partial charge on any atom is 0.392 e. The third-order valence-corrected chi connectivity index (χ3v) is 2.89. The van der Waals surface area contributed by atoms with E-state index in [4.69, 9.17) is 0 Å². The molecule has 0 bridgehead atoms. The van der Waals surface area contributed by atoms with Crippen molar-refractivity contribution in [2.45, 2.75) is 17.2 Å². The first-order chi connectivity index (χ1) is 9.48. The first-order valence-electron chi connectivity index (χ1n) is 5.30. The van der Waals surface area contributed by atoms with Crippen molar-refractivity contribution in [2.75, 3.05) is 0 Å². The summed E-state index contributed by atoms with van der Waals surface area (Å²) in [5.74, 6) is -11.3. The zero-order valence-corrected chi connectivity index (χ0v) is 10.6. The number of aromatic nitrogens is 2. The van der Waals surface area contributed by atoms with Crippen LogP contribution in [-0.2, 0) is 5.92 Å². The van der Waals surface area contributed by atoms with Crippen molar-refractivity contribution in [2.24, 2.45) is 0 Å². The van der Waals surface area contributed by atoms with E-state index in [1.54, 1.807) is 0 Å². The monoisotopic (exact) mass is 330 g/mol. The molecule has 0 N–H and O–H groups in total. The largest absolute Gasteiger partial charge is 0.392 e. The molecule has 0 aliphatic heterocycles. The number of hydrogen-bond acceptors (Lipinski definition) is 2. The third kappa shape index (κ3) is 2.35. The van der Waals surface area contributed by atoms with E-state index in [1.807, 2.05) is 0 Å². The average molecular weight is 331 g/mol. The van der Waals surface area contributed by atoms with Crippen LogP contribution < -0.4 is 5.56 Å². The molecule has 0 amide bonds. The van der Waals surface area contributed by atoms with E-state index in [9.17, 15) is 31.1 Å². The number of halogens is 7. The lowest BCUT2D eigenvalue weighted by molar-refractivity contribution is -0.287. The van der Waals surface area contributed by atoms with Crippen LogP contribution in [-0.4, -0.2) is 20.7 Å². The Morgan fingerprint density at radius 3 is 2.29 bits per heavy atom. The van der Waals surface area contributed by atoms with Gasteiger partial charge in [0.05, 0.1) is 0 Å². The number of hydrogen-bond donors (Lipinski definition) is 0. The van der Waals surface area contributed by atoms with Gasteiger partial charge in [-0.3, -0.25) is 9.20 Å². The molecular formula is C11H5ClF6N2O. The Balaban J connectivity index is 2.79. The van der Waals surface area contributed by atoms with Gasteiger partial charge in [0.15, 0.2) is 0 Å². The molecule has 0 aliphatic carbocycles. The smallest absolute Gasteiger partial charge is 0.299 e. The standard InChI is InChI=1S/C11H5ClF6N2O/c12-11(17,18)10(15,16)9(13,14)6-5-8(21)19-7-3-1-2-4-20(6)7/h1-5H. The molecule has 2 aromatic rings. The van der Waals surface area contributed by atoms with Crippen molar-refractivity contribution in [1.29, 1.82) is 0 Å². The van der Waals surface area contributed by atoms with Crippen molar-refractivity contribution in [3.8, 4) is 0 Å². The average Bonchev–Trinajstić information content (AvgIpc) is 2.36. The van der Waals surface area contributed by atoms with E-state index in [0.717, 1.165) is 12.3 Å². The van der Waals surface area contributed by atoms with Gasteiger partial charge >= 0.3 is 17.2 Å². The molecule has 2 heterocycles. The van der Waals surface area contributed by atoms with E-state index < -0.39 is 34.1 Å². The molecule has 0 fully saturated rings. The number of alkyl halides is 7. The van der Waals surface area contributed by atoms with Crippen LogP contribution in [0.2, 0.25) is 0 Å². The first kappa shape index (κ1) is 15.6. The summed E-state index contributed by atoms with van der Waals surface area (Å²) in [5.41, 5.74) is -3.30. The fourth-order valence-corrected chi connectivity index (χ4v) is 1.76. The number of fused-ring (bicyclic) bond motifs is 1. The van der Waals surface area contributed by atoms with Crippen LogP contribution in [0, 0.1) is 0 Å². The van der Waals surface area contributed by atoms with Crippen LogP contribution in [0.1, 0.15) is 5.69 Å². The minimum atomic E-state index is -5.91. The summed E-state index contributed by atoms with van der Waals surface area (Å²) in [6.45, 7) is 0. The quantitative estimate of drug-likeness (QED) is 0.639. The number of pyridine rings is 1. The maximum atomic E-state index is 13.8. The van der Waals surface area contributed by atoms with Gasteiger partial charge in [0.2, 0.25) is 0 Å². The van der Waals surface area contributed by atoms with Crippen LogP contribution in [0.15, 0.2) is 35.3 Å². The molecule has 0 saturated heterocycles. The normalized spacial score (nSPS) is 13.7. The molecule has 0 radical (unpaired) electrons. The van der Waals surface area contributed by atoms with E-state index in [-0.39, 0.29) is 6.07 Å². The molecule has 0 spiro atoms. The summed E-state index contributed by atoms with van der Waals surface area (Å²) in [4.78, 5) is 14.5. The van der Waals surface area contributed by atoms with Crippen LogP contribution >= 0.6 is 11.6 Å². The second-order valence-electron chi connectivity index (χ2n) is 4.06. The van der Waals surface area contributed by atoms with Crippen molar-refractivity contribution in [3.63, 3.8) is 0 Å². The SMILES string of the molecule is O=c1cc(C(F)(F)C(F)(F)C(F)(F)Cl)n2ccccc2n1. The highest BCUT2D eigenvalue weighted by atomic mass is 35.5. The second kappa shape index (κ2) is 4.62. The Labute approximate surface area is 117 Å². The lowest BCUT2D eigenvalue weighted by Gasteiger charge is -2.29. The lowest BCUT2D eigenvalue weighted by Crippen LogP contribution is -2.50. The summed E-state index contributed by atoms with van der Waals surface area (Å²) in [5, 5.41) is -5.51. The van der Waals surface area contributed by atoms with Crippen molar-refractivity contribution in [3.05, 3.63) is 46.5 Å². The number of nitrogens with zero attached hydrogens (tertiary/aromatic N) is 2. The molecule has 0 atom stereocenters. The van der Waals surface area contributed by atoms with Crippen LogP contribution in [0.5, 0.6) is 0 Å². The zero-order chi connectivity index (χ0) is 16.1. The van der Waals surface area contributed by atoms with Gasteiger partial charge in [0, 0.05) is 12.3 Å².